The monoisotopic (exact) mass is 339 g/mol. The number of aromatic nitrogens is 1. The zero-order chi connectivity index (χ0) is 17.9. The normalized spacial score (nSPS) is 10.3. The molecule has 1 heterocycles. The summed E-state index contributed by atoms with van der Waals surface area (Å²) in [6.07, 6.45) is 5.40. The third-order valence-electron chi connectivity index (χ3n) is 3.86. The van der Waals surface area contributed by atoms with E-state index in [1.807, 2.05) is 30.3 Å². The molecule has 0 spiro atoms. The van der Waals surface area contributed by atoms with Gasteiger partial charge in [0, 0.05) is 24.8 Å². The van der Waals surface area contributed by atoms with Gasteiger partial charge in [-0.3, -0.25) is 14.6 Å². The summed E-state index contributed by atoms with van der Waals surface area (Å²) >= 11 is 0. The van der Waals surface area contributed by atoms with Crippen LogP contribution in [-0.4, -0.2) is 29.9 Å². The van der Waals surface area contributed by atoms with Crippen LogP contribution in [0.5, 0.6) is 0 Å². The highest BCUT2D eigenvalue weighted by Gasteiger charge is 2.11. The molecule has 1 aromatic carbocycles. The lowest BCUT2D eigenvalue weighted by atomic mass is 10.1. The molecule has 132 valence electrons. The van der Waals surface area contributed by atoms with Gasteiger partial charge in [-0.15, -0.1) is 0 Å². The quantitative estimate of drug-likeness (QED) is 0.690. The molecule has 0 saturated carbocycles. The Bertz CT molecular complexity index is 686. The van der Waals surface area contributed by atoms with E-state index in [-0.39, 0.29) is 17.5 Å². The third-order valence-corrected chi connectivity index (χ3v) is 3.86. The Hall–Kier alpha value is -2.69. The third kappa shape index (κ3) is 6.37. The Balaban J connectivity index is 1.84. The first-order valence-corrected chi connectivity index (χ1v) is 8.77. The fourth-order valence-corrected chi connectivity index (χ4v) is 2.43. The number of amides is 2. The van der Waals surface area contributed by atoms with Crippen molar-refractivity contribution in [1.29, 1.82) is 0 Å². The first-order chi connectivity index (χ1) is 12.2. The molecular weight excluding hydrogens is 314 g/mol. The molecule has 0 aliphatic rings. The van der Waals surface area contributed by atoms with Crippen LogP contribution in [0.15, 0.2) is 48.7 Å². The Kier molecular flexibility index (Phi) is 7.63. The first-order valence-electron chi connectivity index (χ1n) is 8.77. The van der Waals surface area contributed by atoms with Crippen LogP contribution in [0.25, 0.3) is 0 Å². The second kappa shape index (κ2) is 10.2. The van der Waals surface area contributed by atoms with Gasteiger partial charge in [-0.1, -0.05) is 50.1 Å². The number of carbonyl (C=O) groups excluding carboxylic acids is 2. The number of unbranched alkanes of at least 4 members (excludes halogenated alkanes) is 2. The Morgan fingerprint density at radius 3 is 2.48 bits per heavy atom. The van der Waals surface area contributed by atoms with Crippen LogP contribution in [0.1, 0.15) is 52.6 Å². The molecule has 1 aromatic heterocycles. The van der Waals surface area contributed by atoms with Crippen LogP contribution in [0.2, 0.25) is 0 Å². The Morgan fingerprint density at radius 2 is 1.72 bits per heavy atom. The van der Waals surface area contributed by atoms with Crippen molar-refractivity contribution in [3.8, 4) is 0 Å². The number of carbonyl (C=O) groups is 2. The fraction of sp³-hybridized carbons (Fsp3) is 0.350. The van der Waals surface area contributed by atoms with Crippen molar-refractivity contribution in [1.82, 2.24) is 15.6 Å². The molecule has 5 heteroatoms. The molecule has 0 radical (unpaired) electrons. The van der Waals surface area contributed by atoms with Crippen LogP contribution in [0.3, 0.4) is 0 Å². The van der Waals surface area contributed by atoms with Crippen LogP contribution >= 0.6 is 0 Å². The Labute approximate surface area is 148 Å². The summed E-state index contributed by atoms with van der Waals surface area (Å²) in [4.78, 5) is 28.4. The van der Waals surface area contributed by atoms with E-state index in [2.05, 4.69) is 22.5 Å². The SMILES string of the molecule is CCCCCNC(=O)c1ccnc(C(=O)NCCc2ccccc2)c1. The standard InChI is InChI=1S/C20H25N3O2/c1-2-3-7-12-22-19(24)17-11-14-21-18(15-17)20(25)23-13-10-16-8-5-4-6-9-16/h4-6,8-9,11,14-15H,2-3,7,10,12-13H2,1H3,(H,22,24)(H,23,25). The summed E-state index contributed by atoms with van der Waals surface area (Å²) in [5, 5.41) is 5.71. The minimum Gasteiger partial charge on any atom is -0.352 e. The van der Waals surface area contributed by atoms with Crippen molar-refractivity contribution in [2.75, 3.05) is 13.1 Å². The van der Waals surface area contributed by atoms with Gasteiger partial charge in [0.25, 0.3) is 11.8 Å². The largest absolute Gasteiger partial charge is 0.352 e. The number of pyridine rings is 1. The van der Waals surface area contributed by atoms with Crippen LogP contribution in [-0.2, 0) is 6.42 Å². The van der Waals surface area contributed by atoms with Crippen molar-refractivity contribution in [3.05, 3.63) is 65.5 Å². The summed E-state index contributed by atoms with van der Waals surface area (Å²) in [5.41, 5.74) is 1.88. The zero-order valence-corrected chi connectivity index (χ0v) is 14.6. The number of nitrogens with zero attached hydrogens (tertiary/aromatic N) is 1. The molecule has 0 bridgehead atoms. The molecule has 25 heavy (non-hydrogen) atoms. The molecule has 2 aromatic rings. The lowest BCUT2D eigenvalue weighted by molar-refractivity contribution is 0.0949. The number of rotatable bonds is 9. The predicted octanol–water partition coefficient (Wildman–Crippen LogP) is 2.97. The van der Waals surface area contributed by atoms with E-state index in [0.717, 1.165) is 31.2 Å². The van der Waals surface area contributed by atoms with Crippen molar-refractivity contribution >= 4 is 11.8 Å². The maximum atomic E-state index is 12.2. The van der Waals surface area contributed by atoms with Crippen molar-refractivity contribution in [2.45, 2.75) is 32.6 Å². The summed E-state index contributed by atoms with van der Waals surface area (Å²) in [6.45, 7) is 3.29. The highest BCUT2D eigenvalue weighted by Crippen LogP contribution is 2.03. The van der Waals surface area contributed by atoms with Gasteiger partial charge >= 0.3 is 0 Å². The summed E-state index contributed by atoms with van der Waals surface area (Å²) < 4.78 is 0. The van der Waals surface area contributed by atoms with Gasteiger partial charge in [-0.05, 0) is 30.5 Å². The number of nitrogens with one attached hydrogen (secondary N) is 2. The summed E-state index contributed by atoms with van der Waals surface area (Å²) in [5.74, 6) is -0.437. The Morgan fingerprint density at radius 1 is 0.960 bits per heavy atom. The van der Waals surface area contributed by atoms with Crippen LogP contribution in [0.4, 0.5) is 0 Å². The highest BCUT2D eigenvalue weighted by atomic mass is 16.2. The molecular formula is C20H25N3O2. The molecule has 0 atom stereocenters. The van der Waals surface area contributed by atoms with E-state index in [0.29, 0.717) is 18.7 Å². The van der Waals surface area contributed by atoms with E-state index >= 15 is 0 Å². The molecule has 0 aliphatic carbocycles. The second-order valence-electron chi connectivity index (χ2n) is 5.88. The molecule has 0 fully saturated rings. The molecule has 0 saturated heterocycles. The van der Waals surface area contributed by atoms with Crippen molar-refractivity contribution in [2.24, 2.45) is 0 Å². The second-order valence-corrected chi connectivity index (χ2v) is 5.88. The fourth-order valence-electron chi connectivity index (χ4n) is 2.43. The zero-order valence-electron chi connectivity index (χ0n) is 14.6. The van der Waals surface area contributed by atoms with E-state index in [9.17, 15) is 9.59 Å². The smallest absolute Gasteiger partial charge is 0.269 e. The lowest BCUT2D eigenvalue weighted by Gasteiger charge is -2.07. The van der Waals surface area contributed by atoms with E-state index < -0.39 is 0 Å². The van der Waals surface area contributed by atoms with E-state index in [1.54, 1.807) is 6.07 Å². The van der Waals surface area contributed by atoms with Gasteiger partial charge in [0.2, 0.25) is 0 Å². The predicted molar refractivity (Wildman–Crippen MR) is 98.6 cm³/mol. The van der Waals surface area contributed by atoms with Crippen LogP contribution in [0, 0.1) is 0 Å². The van der Waals surface area contributed by atoms with E-state index in [1.165, 1.54) is 12.3 Å². The van der Waals surface area contributed by atoms with Gasteiger partial charge in [-0.25, -0.2) is 0 Å². The number of benzene rings is 1. The summed E-state index contributed by atoms with van der Waals surface area (Å²) in [6, 6.07) is 13.1. The molecule has 0 unspecified atom stereocenters. The maximum Gasteiger partial charge on any atom is 0.269 e. The van der Waals surface area contributed by atoms with Crippen molar-refractivity contribution < 1.29 is 9.59 Å². The molecule has 2 N–H and O–H groups in total. The van der Waals surface area contributed by atoms with E-state index in [4.69, 9.17) is 0 Å². The average molecular weight is 339 g/mol. The van der Waals surface area contributed by atoms with Crippen molar-refractivity contribution in [3.63, 3.8) is 0 Å². The van der Waals surface area contributed by atoms with Gasteiger partial charge in [0.15, 0.2) is 0 Å². The molecule has 2 amide bonds. The molecule has 0 aliphatic heterocycles. The van der Waals surface area contributed by atoms with Gasteiger partial charge in [0.1, 0.15) is 5.69 Å². The minimum absolute atomic E-state index is 0.170. The number of hydrogen-bond acceptors (Lipinski definition) is 3. The van der Waals surface area contributed by atoms with Gasteiger partial charge < -0.3 is 10.6 Å². The number of hydrogen-bond donors (Lipinski definition) is 2. The molecule has 5 nitrogen and oxygen atoms in total. The first kappa shape index (κ1) is 18.6. The van der Waals surface area contributed by atoms with Gasteiger partial charge in [0.05, 0.1) is 0 Å². The lowest BCUT2D eigenvalue weighted by Crippen LogP contribution is -2.28. The van der Waals surface area contributed by atoms with Crippen LogP contribution < -0.4 is 10.6 Å². The maximum absolute atomic E-state index is 12.2. The van der Waals surface area contributed by atoms with Gasteiger partial charge in [-0.2, -0.15) is 0 Å². The topological polar surface area (TPSA) is 71.1 Å². The molecule has 2 rings (SSSR count). The minimum atomic E-state index is -0.267. The highest BCUT2D eigenvalue weighted by molar-refractivity contribution is 5.98. The summed E-state index contributed by atoms with van der Waals surface area (Å²) in [7, 11) is 0. The average Bonchev–Trinajstić information content (AvgIpc) is 2.66.